The smallest absolute Gasteiger partial charge is 0.0552 e. The molecule has 0 aliphatic carbocycles. The Morgan fingerprint density at radius 1 is 1.33 bits per heavy atom. The molecule has 1 aliphatic heterocycles. The van der Waals surface area contributed by atoms with Crippen LogP contribution in [0.1, 0.15) is 26.7 Å². The minimum absolute atomic E-state index is 0.834. The average Bonchev–Trinajstić information content (AvgIpc) is 2.30. The van der Waals surface area contributed by atoms with Gasteiger partial charge in [0.1, 0.15) is 0 Å². The molecule has 1 saturated heterocycles. The highest BCUT2D eigenvalue weighted by Gasteiger charge is 2.21. The molecule has 0 spiro atoms. The van der Waals surface area contributed by atoms with Crippen LogP contribution in [0, 0.1) is 11.8 Å². The molecule has 0 N–H and O–H groups in total. The minimum Gasteiger partial charge on any atom is -0.370 e. The number of aromatic nitrogens is 1. The summed E-state index contributed by atoms with van der Waals surface area (Å²) in [5.74, 6) is 1.75. The molecule has 82 valence electrons. The van der Waals surface area contributed by atoms with Gasteiger partial charge in [-0.2, -0.15) is 0 Å². The number of hydrogen-bond donors (Lipinski definition) is 0. The lowest BCUT2D eigenvalue weighted by atomic mass is 9.86. The fraction of sp³-hybridized carbons (Fsp3) is 0.615. The molecule has 1 aromatic rings. The van der Waals surface area contributed by atoms with Crippen molar-refractivity contribution in [2.45, 2.75) is 26.7 Å². The third kappa shape index (κ3) is 2.49. The van der Waals surface area contributed by atoms with Gasteiger partial charge in [0.15, 0.2) is 0 Å². The molecule has 0 unspecified atom stereocenters. The van der Waals surface area contributed by atoms with Gasteiger partial charge in [0.05, 0.1) is 11.9 Å². The third-order valence-corrected chi connectivity index (χ3v) is 3.49. The van der Waals surface area contributed by atoms with Crippen molar-refractivity contribution in [3.8, 4) is 0 Å². The molecular formula is C13H20N2. The van der Waals surface area contributed by atoms with E-state index in [1.165, 1.54) is 31.6 Å². The Labute approximate surface area is 92.3 Å². The second-order valence-electron chi connectivity index (χ2n) is 4.78. The highest BCUT2D eigenvalue weighted by Crippen LogP contribution is 2.27. The summed E-state index contributed by atoms with van der Waals surface area (Å²) in [5.41, 5.74) is 1.28. The van der Waals surface area contributed by atoms with Gasteiger partial charge in [-0.05, 0) is 36.8 Å². The molecule has 0 amide bonds. The fourth-order valence-electron chi connectivity index (χ4n) is 2.37. The van der Waals surface area contributed by atoms with Gasteiger partial charge in [-0.3, -0.25) is 4.98 Å². The third-order valence-electron chi connectivity index (χ3n) is 3.49. The van der Waals surface area contributed by atoms with Crippen molar-refractivity contribution >= 4 is 5.69 Å². The van der Waals surface area contributed by atoms with Crippen molar-refractivity contribution in [3.05, 3.63) is 24.5 Å². The Balaban J connectivity index is 1.94. The lowest BCUT2D eigenvalue weighted by Crippen LogP contribution is -2.35. The predicted octanol–water partition coefficient (Wildman–Crippen LogP) is 2.95. The molecule has 2 heteroatoms. The first kappa shape index (κ1) is 10.5. The standard InChI is InChI=1S/C13H20N2/c1-11(2)12-5-8-15(9-6-12)13-4-3-7-14-10-13/h3-4,7,10-12H,5-6,8-9H2,1-2H3. The zero-order valence-corrected chi connectivity index (χ0v) is 9.69. The minimum atomic E-state index is 0.834. The second-order valence-corrected chi connectivity index (χ2v) is 4.78. The van der Waals surface area contributed by atoms with Gasteiger partial charge in [0.2, 0.25) is 0 Å². The number of piperidine rings is 1. The van der Waals surface area contributed by atoms with Crippen LogP contribution in [0.4, 0.5) is 5.69 Å². The largest absolute Gasteiger partial charge is 0.370 e. The van der Waals surface area contributed by atoms with Crippen LogP contribution in [-0.2, 0) is 0 Å². The summed E-state index contributed by atoms with van der Waals surface area (Å²) in [7, 11) is 0. The van der Waals surface area contributed by atoms with Crippen molar-refractivity contribution < 1.29 is 0 Å². The first-order valence-corrected chi connectivity index (χ1v) is 5.92. The van der Waals surface area contributed by atoms with Crippen LogP contribution in [0.15, 0.2) is 24.5 Å². The number of nitrogens with zero attached hydrogens (tertiary/aromatic N) is 2. The Morgan fingerprint density at radius 2 is 2.07 bits per heavy atom. The first-order chi connectivity index (χ1) is 7.27. The molecular weight excluding hydrogens is 184 g/mol. The Bertz CT molecular complexity index is 287. The molecule has 0 radical (unpaired) electrons. The average molecular weight is 204 g/mol. The normalized spacial score (nSPS) is 18.5. The molecule has 2 heterocycles. The van der Waals surface area contributed by atoms with Crippen LogP contribution in [0.3, 0.4) is 0 Å². The number of rotatable bonds is 2. The summed E-state index contributed by atoms with van der Waals surface area (Å²) in [6, 6.07) is 4.17. The van der Waals surface area contributed by atoms with E-state index in [9.17, 15) is 0 Å². The van der Waals surface area contributed by atoms with Gasteiger partial charge in [0, 0.05) is 19.3 Å². The summed E-state index contributed by atoms with van der Waals surface area (Å²) >= 11 is 0. The van der Waals surface area contributed by atoms with Gasteiger partial charge in [-0.15, -0.1) is 0 Å². The van der Waals surface area contributed by atoms with Crippen molar-refractivity contribution in [2.24, 2.45) is 11.8 Å². The summed E-state index contributed by atoms with van der Waals surface area (Å²) in [5, 5.41) is 0. The first-order valence-electron chi connectivity index (χ1n) is 5.92. The van der Waals surface area contributed by atoms with Gasteiger partial charge in [-0.25, -0.2) is 0 Å². The quantitative estimate of drug-likeness (QED) is 0.736. The molecule has 0 aromatic carbocycles. The van der Waals surface area contributed by atoms with Crippen LogP contribution < -0.4 is 4.90 Å². The van der Waals surface area contributed by atoms with E-state index in [1.54, 1.807) is 0 Å². The van der Waals surface area contributed by atoms with Crippen molar-refractivity contribution in [1.82, 2.24) is 4.98 Å². The highest BCUT2D eigenvalue weighted by atomic mass is 15.1. The highest BCUT2D eigenvalue weighted by molar-refractivity contribution is 5.43. The topological polar surface area (TPSA) is 16.1 Å². The molecule has 2 rings (SSSR count). The predicted molar refractivity (Wildman–Crippen MR) is 64.0 cm³/mol. The van der Waals surface area contributed by atoms with E-state index >= 15 is 0 Å². The van der Waals surface area contributed by atoms with Gasteiger partial charge < -0.3 is 4.90 Å². The van der Waals surface area contributed by atoms with Gasteiger partial charge in [0.25, 0.3) is 0 Å². The lowest BCUT2D eigenvalue weighted by molar-refractivity contribution is 0.311. The number of anilines is 1. The maximum Gasteiger partial charge on any atom is 0.0552 e. The molecule has 0 atom stereocenters. The van der Waals surface area contributed by atoms with Gasteiger partial charge in [-0.1, -0.05) is 13.8 Å². The SMILES string of the molecule is CC(C)C1CCN(c2cccnc2)CC1. The second kappa shape index (κ2) is 4.65. The maximum absolute atomic E-state index is 4.17. The number of hydrogen-bond acceptors (Lipinski definition) is 2. The summed E-state index contributed by atoms with van der Waals surface area (Å²) < 4.78 is 0. The van der Waals surface area contributed by atoms with Gasteiger partial charge >= 0.3 is 0 Å². The van der Waals surface area contributed by atoms with Crippen molar-refractivity contribution in [3.63, 3.8) is 0 Å². The molecule has 1 aromatic heterocycles. The fourth-order valence-corrected chi connectivity index (χ4v) is 2.37. The molecule has 2 nitrogen and oxygen atoms in total. The monoisotopic (exact) mass is 204 g/mol. The van der Waals surface area contributed by atoms with Crippen molar-refractivity contribution in [2.75, 3.05) is 18.0 Å². The van der Waals surface area contributed by atoms with Crippen LogP contribution >= 0.6 is 0 Å². The van der Waals surface area contributed by atoms with E-state index < -0.39 is 0 Å². The summed E-state index contributed by atoms with van der Waals surface area (Å²) in [4.78, 5) is 6.62. The molecule has 1 aliphatic rings. The van der Waals surface area contributed by atoms with E-state index in [0.29, 0.717) is 0 Å². The van der Waals surface area contributed by atoms with E-state index in [-0.39, 0.29) is 0 Å². The van der Waals surface area contributed by atoms with Crippen LogP contribution in [0.5, 0.6) is 0 Å². The van der Waals surface area contributed by atoms with Crippen molar-refractivity contribution in [1.29, 1.82) is 0 Å². The Hall–Kier alpha value is -1.05. The zero-order valence-electron chi connectivity index (χ0n) is 9.69. The lowest BCUT2D eigenvalue weighted by Gasteiger charge is -2.35. The van der Waals surface area contributed by atoms with E-state index in [0.717, 1.165) is 11.8 Å². The zero-order chi connectivity index (χ0) is 10.7. The Morgan fingerprint density at radius 3 is 2.60 bits per heavy atom. The Kier molecular flexibility index (Phi) is 3.24. The molecule has 1 fully saturated rings. The van der Waals surface area contributed by atoms with E-state index in [4.69, 9.17) is 0 Å². The molecule has 0 saturated carbocycles. The maximum atomic E-state index is 4.17. The molecule has 0 bridgehead atoms. The van der Waals surface area contributed by atoms with E-state index in [2.05, 4.69) is 29.8 Å². The van der Waals surface area contributed by atoms with Crippen LogP contribution in [0.2, 0.25) is 0 Å². The summed E-state index contributed by atoms with van der Waals surface area (Å²) in [6.45, 7) is 7.05. The van der Waals surface area contributed by atoms with E-state index in [1.807, 2.05) is 18.5 Å². The molecule has 15 heavy (non-hydrogen) atoms. The summed E-state index contributed by atoms with van der Waals surface area (Å²) in [6.07, 6.45) is 6.46. The van der Waals surface area contributed by atoms with Crippen LogP contribution in [-0.4, -0.2) is 18.1 Å². The number of pyridine rings is 1. The van der Waals surface area contributed by atoms with Crippen LogP contribution in [0.25, 0.3) is 0 Å².